The summed E-state index contributed by atoms with van der Waals surface area (Å²) in [6.45, 7) is 1.92. The first kappa shape index (κ1) is 13.0. The summed E-state index contributed by atoms with van der Waals surface area (Å²) in [5.41, 5.74) is 5.61. The second kappa shape index (κ2) is 5.85. The van der Waals surface area contributed by atoms with E-state index in [2.05, 4.69) is 0 Å². The number of nitrogens with two attached hydrogens (primary N) is 1. The van der Waals surface area contributed by atoms with E-state index < -0.39 is 9.84 Å². The lowest BCUT2D eigenvalue weighted by Crippen LogP contribution is -2.27. The maximum atomic E-state index is 11.9. The first-order valence-corrected chi connectivity index (χ1v) is 7.71. The molecule has 4 heteroatoms. The van der Waals surface area contributed by atoms with Crippen LogP contribution < -0.4 is 5.73 Å². The second-order valence-corrected chi connectivity index (χ2v) is 7.15. The number of hydrogen-bond donors (Lipinski definition) is 1. The van der Waals surface area contributed by atoms with Crippen LogP contribution >= 0.6 is 0 Å². The average Bonchev–Trinajstić information content (AvgIpc) is 2.18. The van der Waals surface area contributed by atoms with Crippen LogP contribution in [0.2, 0.25) is 0 Å². The van der Waals surface area contributed by atoms with Gasteiger partial charge in [-0.25, -0.2) is 8.42 Å². The largest absolute Gasteiger partial charge is 0.328 e. The van der Waals surface area contributed by atoms with E-state index in [9.17, 15) is 8.42 Å². The number of sulfone groups is 1. The zero-order chi connectivity index (χ0) is 11.3. The van der Waals surface area contributed by atoms with Gasteiger partial charge in [-0.2, -0.15) is 0 Å². The van der Waals surface area contributed by atoms with Gasteiger partial charge in [-0.15, -0.1) is 0 Å². The topological polar surface area (TPSA) is 60.2 Å². The van der Waals surface area contributed by atoms with Crippen molar-refractivity contribution in [1.29, 1.82) is 0 Å². The van der Waals surface area contributed by atoms with Crippen molar-refractivity contribution in [2.45, 2.75) is 63.2 Å². The summed E-state index contributed by atoms with van der Waals surface area (Å²) in [7, 11) is -2.83. The van der Waals surface area contributed by atoms with E-state index >= 15 is 0 Å². The minimum Gasteiger partial charge on any atom is -0.328 e. The molecule has 1 rings (SSSR count). The lowest BCUT2D eigenvalue weighted by molar-refractivity contribution is 0.482. The molecule has 1 unspecified atom stereocenters. The molecule has 3 nitrogen and oxygen atoms in total. The van der Waals surface area contributed by atoms with E-state index in [0.717, 1.165) is 38.5 Å². The Balaban J connectivity index is 2.36. The van der Waals surface area contributed by atoms with E-state index in [-0.39, 0.29) is 11.3 Å². The fourth-order valence-corrected chi connectivity index (χ4v) is 4.15. The molecule has 0 aliphatic heterocycles. The van der Waals surface area contributed by atoms with Gasteiger partial charge in [0.25, 0.3) is 0 Å². The first-order chi connectivity index (χ1) is 7.02. The molecule has 2 N–H and O–H groups in total. The zero-order valence-corrected chi connectivity index (χ0v) is 10.4. The van der Waals surface area contributed by atoms with Crippen molar-refractivity contribution < 1.29 is 8.42 Å². The third-order valence-corrected chi connectivity index (χ3v) is 5.49. The Kier molecular flexibility index (Phi) is 5.06. The van der Waals surface area contributed by atoms with Crippen molar-refractivity contribution in [3.05, 3.63) is 0 Å². The summed E-state index contributed by atoms with van der Waals surface area (Å²) in [6, 6.07) is 0.117. The van der Waals surface area contributed by atoms with Crippen LogP contribution in [-0.2, 0) is 9.84 Å². The third-order valence-electron chi connectivity index (χ3n) is 3.15. The van der Waals surface area contributed by atoms with Crippen molar-refractivity contribution in [2.24, 2.45) is 5.73 Å². The standard InChI is InChI=1S/C11H23NO2S/c1-10(12)6-5-9-15(13,14)11-7-3-2-4-8-11/h10-11H,2-9,12H2,1H3. The van der Waals surface area contributed by atoms with Crippen molar-refractivity contribution in [2.75, 3.05) is 5.75 Å². The Morgan fingerprint density at radius 2 is 1.87 bits per heavy atom. The number of hydrogen-bond acceptors (Lipinski definition) is 3. The predicted octanol–water partition coefficient (Wildman–Crippen LogP) is 1.86. The van der Waals surface area contributed by atoms with Gasteiger partial charge in [-0.3, -0.25) is 0 Å². The van der Waals surface area contributed by atoms with Crippen LogP contribution in [0.3, 0.4) is 0 Å². The Morgan fingerprint density at radius 1 is 1.27 bits per heavy atom. The van der Waals surface area contributed by atoms with Gasteiger partial charge in [0.1, 0.15) is 0 Å². The lowest BCUT2D eigenvalue weighted by atomic mass is 10.0. The van der Waals surface area contributed by atoms with Gasteiger partial charge in [0.05, 0.1) is 11.0 Å². The van der Waals surface area contributed by atoms with Gasteiger partial charge < -0.3 is 5.73 Å². The molecule has 1 fully saturated rings. The smallest absolute Gasteiger partial charge is 0.153 e. The summed E-state index contributed by atoms with van der Waals surface area (Å²) in [5.74, 6) is 0.333. The summed E-state index contributed by atoms with van der Waals surface area (Å²) < 4.78 is 23.9. The molecular weight excluding hydrogens is 210 g/mol. The van der Waals surface area contributed by atoms with Gasteiger partial charge in [-0.05, 0) is 32.6 Å². The van der Waals surface area contributed by atoms with Crippen molar-refractivity contribution in [3.8, 4) is 0 Å². The molecule has 1 saturated carbocycles. The summed E-state index contributed by atoms with van der Waals surface area (Å²) in [4.78, 5) is 0. The fourth-order valence-electron chi connectivity index (χ4n) is 2.20. The summed E-state index contributed by atoms with van der Waals surface area (Å²) in [6.07, 6.45) is 6.64. The molecule has 0 bridgehead atoms. The highest BCUT2D eigenvalue weighted by Crippen LogP contribution is 2.24. The molecule has 0 saturated heterocycles. The van der Waals surface area contributed by atoms with Crippen LogP contribution in [0.15, 0.2) is 0 Å². The maximum Gasteiger partial charge on any atom is 0.153 e. The Bertz CT molecular complexity index is 266. The van der Waals surface area contributed by atoms with Crippen LogP contribution in [0.5, 0.6) is 0 Å². The van der Waals surface area contributed by atoms with Crippen LogP contribution in [-0.4, -0.2) is 25.5 Å². The van der Waals surface area contributed by atoms with Crippen LogP contribution in [0.4, 0.5) is 0 Å². The minimum absolute atomic E-state index is 0.0562. The average molecular weight is 233 g/mol. The minimum atomic E-state index is -2.83. The lowest BCUT2D eigenvalue weighted by Gasteiger charge is -2.21. The molecule has 0 aromatic heterocycles. The monoisotopic (exact) mass is 233 g/mol. The van der Waals surface area contributed by atoms with E-state index in [1.165, 1.54) is 6.42 Å². The molecule has 1 aliphatic rings. The molecule has 1 aliphatic carbocycles. The maximum absolute atomic E-state index is 11.9. The van der Waals surface area contributed by atoms with Crippen LogP contribution in [0.1, 0.15) is 51.9 Å². The van der Waals surface area contributed by atoms with E-state index in [0.29, 0.717) is 5.75 Å². The quantitative estimate of drug-likeness (QED) is 0.788. The SMILES string of the molecule is CC(N)CCCS(=O)(=O)C1CCCCC1. The first-order valence-electron chi connectivity index (χ1n) is 5.99. The molecule has 1 atom stereocenters. The van der Waals surface area contributed by atoms with Crippen molar-refractivity contribution in [3.63, 3.8) is 0 Å². The van der Waals surface area contributed by atoms with Gasteiger partial charge in [0.2, 0.25) is 0 Å². The van der Waals surface area contributed by atoms with E-state index in [4.69, 9.17) is 5.73 Å². The third kappa shape index (κ3) is 4.51. The molecule has 0 heterocycles. The highest BCUT2D eigenvalue weighted by Gasteiger charge is 2.26. The molecule has 0 aromatic rings. The zero-order valence-electron chi connectivity index (χ0n) is 9.61. The van der Waals surface area contributed by atoms with Crippen molar-refractivity contribution >= 4 is 9.84 Å². The molecule has 15 heavy (non-hydrogen) atoms. The van der Waals surface area contributed by atoms with Crippen LogP contribution in [0.25, 0.3) is 0 Å². The fraction of sp³-hybridized carbons (Fsp3) is 1.00. The molecule has 0 amide bonds. The highest BCUT2D eigenvalue weighted by molar-refractivity contribution is 7.92. The van der Waals surface area contributed by atoms with Gasteiger partial charge >= 0.3 is 0 Å². The Labute approximate surface area is 93.3 Å². The summed E-state index contributed by atoms with van der Waals surface area (Å²) in [5, 5.41) is -0.0562. The Hall–Kier alpha value is -0.0900. The highest BCUT2D eigenvalue weighted by atomic mass is 32.2. The van der Waals surface area contributed by atoms with Gasteiger partial charge in [-0.1, -0.05) is 19.3 Å². The van der Waals surface area contributed by atoms with E-state index in [1.807, 2.05) is 6.92 Å². The molecule has 0 spiro atoms. The molecule has 0 radical (unpaired) electrons. The summed E-state index contributed by atoms with van der Waals surface area (Å²) >= 11 is 0. The van der Waals surface area contributed by atoms with Gasteiger partial charge in [0, 0.05) is 6.04 Å². The van der Waals surface area contributed by atoms with Crippen molar-refractivity contribution in [1.82, 2.24) is 0 Å². The molecule has 90 valence electrons. The Morgan fingerprint density at radius 3 is 2.40 bits per heavy atom. The molecular formula is C11H23NO2S. The van der Waals surface area contributed by atoms with Crippen LogP contribution in [0, 0.1) is 0 Å². The molecule has 0 aromatic carbocycles. The number of rotatable bonds is 5. The normalized spacial score (nSPS) is 21.5. The second-order valence-electron chi connectivity index (χ2n) is 4.75. The predicted molar refractivity (Wildman–Crippen MR) is 63.5 cm³/mol. The van der Waals surface area contributed by atoms with E-state index in [1.54, 1.807) is 0 Å². The van der Waals surface area contributed by atoms with Gasteiger partial charge in [0.15, 0.2) is 9.84 Å².